The van der Waals surface area contributed by atoms with Crippen LogP contribution in [0.25, 0.3) is 0 Å². The summed E-state index contributed by atoms with van der Waals surface area (Å²) >= 11 is 0. The average Bonchev–Trinajstić information content (AvgIpc) is 2.90. The highest BCUT2D eigenvalue weighted by molar-refractivity contribution is 6.06. The zero-order chi connectivity index (χ0) is 18.1. The summed E-state index contributed by atoms with van der Waals surface area (Å²) in [6.07, 6.45) is 3.60. The predicted octanol–water partition coefficient (Wildman–Crippen LogP) is 0.850. The van der Waals surface area contributed by atoms with Crippen LogP contribution in [0.4, 0.5) is 10.5 Å². The highest BCUT2D eigenvalue weighted by atomic mass is 16.2. The average molecular weight is 357 g/mol. The van der Waals surface area contributed by atoms with Crippen molar-refractivity contribution < 1.29 is 14.5 Å². The SMILES string of the molecule is CC1CCC2(CC1)NC(=O)N(C[NH+]1CCN(c3ccccc3)CC1)C2=O. The quantitative estimate of drug-likeness (QED) is 0.789. The van der Waals surface area contributed by atoms with Gasteiger partial charge in [0.05, 0.1) is 26.2 Å². The fraction of sp³-hybridized carbons (Fsp3) is 0.600. The molecule has 6 heteroatoms. The third-order valence-corrected chi connectivity index (χ3v) is 6.35. The molecule has 1 spiro atoms. The van der Waals surface area contributed by atoms with Gasteiger partial charge in [-0.05, 0) is 43.7 Å². The molecule has 2 heterocycles. The van der Waals surface area contributed by atoms with Gasteiger partial charge in [0.2, 0.25) is 0 Å². The van der Waals surface area contributed by atoms with E-state index in [9.17, 15) is 9.59 Å². The molecule has 1 aliphatic carbocycles. The zero-order valence-corrected chi connectivity index (χ0v) is 15.5. The van der Waals surface area contributed by atoms with Gasteiger partial charge >= 0.3 is 6.03 Å². The smallest absolute Gasteiger partial charge is 0.329 e. The summed E-state index contributed by atoms with van der Waals surface area (Å²) in [7, 11) is 0. The first-order valence-electron chi connectivity index (χ1n) is 9.85. The number of nitrogens with zero attached hydrogens (tertiary/aromatic N) is 2. The Bertz CT molecular complexity index is 662. The van der Waals surface area contributed by atoms with Crippen molar-refractivity contribution in [3.05, 3.63) is 30.3 Å². The number of urea groups is 1. The van der Waals surface area contributed by atoms with Crippen LogP contribution in [0.3, 0.4) is 0 Å². The zero-order valence-electron chi connectivity index (χ0n) is 15.5. The molecule has 26 heavy (non-hydrogen) atoms. The van der Waals surface area contributed by atoms with Gasteiger partial charge < -0.3 is 15.1 Å². The van der Waals surface area contributed by atoms with Gasteiger partial charge in [-0.15, -0.1) is 0 Å². The largest absolute Gasteiger partial charge is 0.360 e. The first kappa shape index (κ1) is 17.3. The van der Waals surface area contributed by atoms with Gasteiger partial charge in [0, 0.05) is 5.69 Å². The minimum Gasteiger partial charge on any atom is -0.360 e. The summed E-state index contributed by atoms with van der Waals surface area (Å²) in [5, 5.41) is 3.03. The van der Waals surface area contributed by atoms with E-state index in [1.807, 2.05) is 6.07 Å². The molecule has 2 N–H and O–H groups in total. The number of carbonyl (C=O) groups is 2. The van der Waals surface area contributed by atoms with E-state index >= 15 is 0 Å². The van der Waals surface area contributed by atoms with E-state index < -0.39 is 5.54 Å². The van der Waals surface area contributed by atoms with E-state index in [2.05, 4.69) is 41.4 Å². The summed E-state index contributed by atoms with van der Waals surface area (Å²) in [4.78, 5) is 30.6. The minimum atomic E-state index is -0.616. The number of hydrogen-bond acceptors (Lipinski definition) is 3. The van der Waals surface area contributed by atoms with Crippen LogP contribution in [0, 0.1) is 5.92 Å². The van der Waals surface area contributed by atoms with Gasteiger partial charge in [-0.25, -0.2) is 9.69 Å². The molecule has 2 saturated heterocycles. The number of hydrogen-bond donors (Lipinski definition) is 2. The van der Waals surface area contributed by atoms with Gasteiger partial charge in [0.15, 0.2) is 6.67 Å². The number of quaternary nitrogens is 1. The maximum Gasteiger partial charge on any atom is 0.329 e. The first-order valence-corrected chi connectivity index (χ1v) is 9.85. The minimum absolute atomic E-state index is 0.00684. The van der Waals surface area contributed by atoms with Crippen molar-refractivity contribution in [1.29, 1.82) is 0 Å². The summed E-state index contributed by atoms with van der Waals surface area (Å²) in [5.74, 6) is 0.656. The predicted molar refractivity (Wildman–Crippen MR) is 100.0 cm³/mol. The molecule has 3 amide bonds. The molecular weight excluding hydrogens is 328 g/mol. The third kappa shape index (κ3) is 3.18. The van der Waals surface area contributed by atoms with E-state index in [0.717, 1.165) is 51.9 Å². The van der Waals surface area contributed by atoms with Crippen molar-refractivity contribution in [3.63, 3.8) is 0 Å². The fourth-order valence-electron chi connectivity index (χ4n) is 4.52. The van der Waals surface area contributed by atoms with Gasteiger partial charge in [-0.2, -0.15) is 0 Å². The van der Waals surface area contributed by atoms with Crippen LogP contribution in [0.1, 0.15) is 32.6 Å². The summed E-state index contributed by atoms with van der Waals surface area (Å²) in [6.45, 7) is 6.50. The van der Waals surface area contributed by atoms with Crippen molar-refractivity contribution in [2.75, 3.05) is 37.7 Å². The van der Waals surface area contributed by atoms with Crippen LogP contribution in [-0.4, -0.2) is 55.2 Å². The number of amides is 3. The van der Waals surface area contributed by atoms with E-state index in [0.29, 0.717) is 12.6 Å². The lowest BCUT2D eigenvalue weighted by Gasteiger charge is -2.35. The molecule has 1 aromatic rings. The highest BCUT2D eigenvalue weighted by Crippen LogP contribution is 2.35. The molecule has 1 saturated carbocycles. The van der Waals surface area contributed by atoms with Crippen LogP contribution in [0.2, 0.25) is 0 Å². The topological polar surface area (TPSA) is 57.1 Å². The Kier molecular flexibility index (Phi) is 4.61. The number of piperazine rings is 1. The highest BCUT2D eigenvalue weighted by Gasteiger charge is 2.53. The Morgan fingerprint density at radius 2 is 1.77 bits per heavy atom. The van der Waals surface area contributed by atoms with Gasteiger partial charge in [-0.3, -0.25) is 4.79 Å². The molecule has 6 nitrogen and oxygen atoms in total. The molecule has 3 aliphatic rings. The molecule has 0 aromatic heterocycles. The van der Waals surface area contributed by atoms with Crippen molar-refractivity contribution in [1.82, 2.24) is 10.2 Å². The lowest BCUT2D eigenvalue weighted by molar-refractivity contribution is -0.907. The molecule has 0 unspecified atom stereocenters. The van der Waals surface area contributed by atoms with Crippen molar-refractivity contribution in [2.24, 2.45) is 5.92 Å². The van der Waals surface area contributed by atoms with Gasteiger partial charge in [0.25, 0.3) is 5.91 Å². The number of nitrogens with one attached hydrogen (secondary N) is 2. The second-order valence-corrected chi connectivity index (χ2v) is 8.16. The molecular formula is C20H29N4O2+. The summed E-state index contributed by atoms with van der Waals surface area (Å²) < 4.78 is 0. The Morgan fingerprint density at radius 3 is 2.42 bits per heavy atom. The van der Waals surface area contributed by atoms with Crippen LogP contribution < -0.4 is 15.1 Å². The molecule has 1 aromatic carbocycles. The second kappa shape index (κ2) is 6.91. The van der Waals surface area contributed by atoms with Crippen LogP contribution in [0.15, 0.2) is 30.3 Å². The third-order valence-electron chi connectivity index (χ3n) is 6.35. The van der Waals surface area contributed by atoms with Crippen LogP contribution >= 0.6 is 0 Å². The summed E-state index contributed by atoms with van der Waals surface area (Å²) in [6, 6.07) is 10.2. The van der Waals surface area contributed by atoms with E-state index in [-0.39, 0.29) is 11.9 Å². The molecule has 2 aliphatic heterocycles. The number of benzene rings is 1. The lowest BCUT2D eigenvalue weighted by atomic mass is 9.77. The molecule has 0 atom stereocenters. The number of anilines is 1. The first-order chi connectivity index (χ1) is 12.6. The maximum absolute atomic E-state index is 13.0. The molecule has 0 bridgehead atoms. The van der Waals surface area contributed by atoms with Gasteiger partial charge in [0.1, 0.15) is 5.54 Å². The molecule has 4 rings (SSSR count). The standard InChI is InChI=1S/C20H28N4O2/c1-16-7-9-20(10-8-16)18(25)24(19(26)21-20)15-22-11-13-23(14-12-22)17-5-3-2-4-6-17/h2-6,16H,7-15H2,1H3,(H,21,26)/p+1. The fourth-order valence-corrected chi connectivity index (χ4v) is 4.52. The molecule has 0 radical (unpaired) electrons. The molecule has 140 valence electrons. The van der Waals surface area contributed by atoms with E-state index in [1.54, 1.807) is 0 Å². The monoisotopic (exact) mass is 357 g/mol. The van der Waals surface area contributed by atoms with Crippen LogP contribution in [-0.2, 0) is 4.79 Å². The van der Waals surface area contributed by atoms with Crippen molar-refractivity contribution in [2.45, 2.75) is 38.1 Å². The van der Waals surface area contributed by atoms with Crippen molar-refractivity contribution >= 4 is 17.6 Å². The number of imide groups is 1. The van der Waals surface area contributed by atoms with Crippen LogP contribution in [0.5, 0.6) is 0 Å². The second-order valence-electron chi connectivity index (χ2n) is 8.16. The Hall–Kier alpha value is -2.08. The Labute approximate surface area is 155 Å². The van der Waals surface area contributed by atoms with E-state index in [1.165, 1.54) is 15.5 Å². The number of rotatable bonds is 3. The van der Waals surface area contributed by atoms with E-state index in [4.69, 9.17) is 0 Å². The Balaban J connectivity index is 1.35. The van der Waals surface area contributed by atoms with Gasteiger partial charge in [-0.1, -0.05) is 25.1 Å². The lowest BCUT2D eigenvalue weighted by Crippen LogP contribution is -3.16. The molecule has 3 fully saturated rings. The van der Waals surface area contributed by atoms with Crippen molar-refractivity contribution in [3.8, 4) is 0 Å². The normalized spacial score (nSPS) is 30.1. The number of carbonyl (C=O) groups excluding carboxylic acids is 2. The number of para-hydroxylation sites is 1. The Morgan fingerprint density at radius 1 is 1.12 bits per heavy atom. The maximum atomic E-state index is 13.0. The summed E-state index contributed by atoms with van der Waals surface area (Å²) in [5.41, 5.74) is 0.631.